The van der Waals surface area contributed by atoms with Crippen LogP contribution in [0.5, 0.6) is 0 Å². The number of furan rings is 3. The molecule has 1 aliphatic carbocycles. The minimum absolute atomic E-state index is 0.0397. The van der Waals surface area contributed by atoms with Crippen LogP contribution in [0.15, 0.2) is 256 Å². The molecule has 0 aliphatic heterocycles. The molecular formula is C77H58N4O3. The topological polar surface area (TPSA) is 71.7 Å². The van der Waals surface area contributed by atoms with Gasteiger partial charge in [-0.1, -0.05) is 157 Å². The third kappa shape index (κ3) is 7.58. The molecule has 10 aromatic carbocycles. The first-order chi connectivity index (χ1) is 40.9. The van der Waals surface area contributed by atoms with Crippen molar-refractivity contribution in [1.29, 1.82) is 0 Å². The predicted molar refractivity (Wildman–Crippen MR) is 345 cm³/mol. The highest BCUT2D eigenvalue weighted by Crippen LogP contribution is 2.62. The molecule has 1 atom stereocenters. The van der Waals surface area contributed by atoms with Crippen molar-refractivity contribution in [2.24, 2.45) is 0 Å². The summed E-state index contributed by atoms with van der Waals surface area (Å²) in [6.45, 7) is 13.6. The number of hydrogen-bond acceptors (Lipinski definition) is 7. The van der Waals surface area contributed by atoms with Gasteiger partial charge in [0.15, 0.2) is 0 Å². The number of pyridine rings is 2. The summed E-state index contributed by atoms with van der Waals surface area (Å²) >= 11 is 0. The predicted octanol–water partition coefficient (Wildman–Crippen LogP) is 21.2. The molecule has 0 saturated carbocycles. The fraction of sp³-hybridized carbons (Fsp3) is 0.117. The third-order valence-corrected chi connectivity index (χ3v) is 17.6. The quantitative estimate of drug-likeness (QED) is 0.150. The smallest absolute Gasteiger partial charge is 0.227 e. The van der Waals surface area contributed by atoms with E-state index >= 15 is 0 Å². The number of hydrogen-bond donors (Lipinski definition) is 0. The maximum absolute atomic E-state index is 7.47. The number of benzene rings is 10. The van der Waals surface area contributed by atoms with Crippen molar-refractivity contribution < 1.29 is 13.3 Å². The molecule has 0 fully saturated rings. The van der Waals surface area contributed by atoms with Gasteiger partial charge in [-0.25, -0.2) is 9.97 Å². The van der Waals surface area contributed by atoms with Gasteiger partial charge in [0, 0.05) is 85.5 Å². The first-order valence-corrected chi connectivity index (χ1v) is 28.9. The maximum atomic E-state index is 7.47. The largest absolute Gasteiger partial charge is 0.455 e. The fourth-order valence-corrected chi connectivity index (χ4v) is 13.4. The maximum Gasteiger partial charge on any atom is 0.227 e. The zero-order chi connectivity index (χ0) is 56.6. The van der Waals surface area contributed by atoms with Crippen molar-refractivity contribution in [3.8, 4) is 11.1 Å². The van der Waals surface area contributed by atoms with Gasteiger partial charge in [-0.05, 0) is 164 Å². The summed E-state index contributed by atoms with van der Waals surface area (Å²) in [5.41, 5.74) is 18.5. The van der Waals surface area contributed by atoms with E-state index in [9.17, 15) is 0 Å². The normalized spacial score (nSPS) is 14.4. The number of rotatable bonds is 8. The van der Waals surface area contributed by atoms with Crippen LogP contribution in [0.4, 0.5) is 34.1 Å². The zero-order valence-electron chi connectivity index (χ0n) is 47.6. The van der Waals surface area contributed by atoms with Gasteiger partial charge in [0.25, 0.3) is 0 Å². The Morgan fingerprint density at radius 2 is 0.905 bits per heavy atom. The van der Waals surface area contributed by atoms with Gasteiger partial charge in [-0.3, -0.25) is 0 Å². The molecule has 7 heteroatoms. The van der Waals surface area contributed by atoms with Gasteiger partial charge in [-0.2, -0.15) is 0 Å². The van der Waals surface area contributed by atoms with E-state index in [1.807, 2.05) is 12.1 Å². The van der Waals surface area contributed by atoms with E-state index in [1.54, 1.807) is 12.4 Å². The van der Waals surface area contributed by atoms with E-state index in [1.165, 1.54) is 16.5 Å². The lowest BCUT2D eigenvalue weighted by Crippen LogP contribution is -2.29. The number of para-hydroxylation sites is 1. The number of aromatic nitrogens is 2. The first-order valence-electron chi connectivity index (χ1n) is 28.9. The van der Waals surface area contributed by atoms with Gasteiger partial charge in [0.1, 0.15) is 22.3 Å². The molecule has 0 saturated heterocycles. The van der Waals surface area contributed by atoms with E-state index in [0.29, 0.717) is 11.4 Å². The Kier molecular flexibility index (Phi) is 10.8. The fourth-order valence-electron chi connectivity index (χ4n) is 13.4. The summed E-state index contributed by atoms with van der Waals surface area (Å²) in [5.74, 6) is 0. The third-order valence-electron chi connectivity index (χ3n) is 17.6. The molecule has 1 aliphatic rings. The Morgan fingerprint density at radius 1 is 0.369 bits per heavy atom. The van der Waals surface area contributed by atoms with Crippen LogP contribution >= 0.6 is 0 Å². The minimum Gasteiger partial charge on any atom is -0.455 e. The summed E-state index contributed by atoms with van der Waals surface area (Å²) in [7, 11) is 0. The monoisotopic (exact) mass is 1090 g/mol. The van der Waals surface area contributed by atoms with Crippen LogP contribution in [0.25, 0.3) is 88.0 Å². The van der Waals surface area contributed by atoms with Gasteiger partial charge in [0.05, 0.1) is 16.5 Å². The van der Waals surface area contributed by atoms with Gasteiger partial charge >= 0.3 is 0 Å². The van der Waals surface area contributed by atoms with Crippen molar-refractivity contribution in [2.45, 2.75) is 57.8 Å². The van der Waals surface area contributed by atoms with E-state index < -0.39 is 5.41 Å². The lowest BCUT2D eigenvalue weighted by atomic mass is 9.67. The lowest BCUT2D eigenvalue weighted by Gasteiger charge is -2.36. The van der Waals surface area contributed by atoms with Gasteiger partial charge in [-0.15, -0.1) is 0 Å². The van der Waals surface area contributed by atoms with E-state index in [-0.39, 0.29) is 10.8 Å². The van der Waals surface area contributed by atoms with Crippen LogP contribution in [-0.4, -0.2) is 9.97 Å². The second-order valence-electron chi connectivity index (χ2n) is 24.6. The first kappa shape index (κ1) is 49.6. The molecule has 5 aromatic heterocycles. The Labute approximate surface area is 486 Å². The molecular weight excluding hydrogens is 1030 g/mol. The second-order valence-corrected chi connectivity index (χ2v) is 24.6. The van der Waals surface area contributed by atoms with Gasteiger partial charge < -0.3 is 23.1 Å². The zero-order valence-corrected chi connectivity index (χ0v) is 47.6. The van der Waals surface area contributed by atoms with Crippen molar-refractivity contribution in [2.75, 3.05) is 9.80 Å². The number of nitrogens with zero attached hydrogens (tertiary/aromatic N) is 4. The molecule has 404 valence electrons. The van der Waals surface area contributed by atoms with Crippen molar-refractivity contribution >= 4 is 111 Å². The summed E-state index contributed by atoms with van der Waals surface area (Å²) < 4.78 is 20.6. The highest BCUT2D eigenvalue weighted by Gasteiger charge is 2.49. The summed E-state index contributed by atoms with van der Waals surface area (Å²) in [6.07, 6.45) is 3.57. The highest BCUT2D eigenvalue weighted by molar-refractivity contribution is 6.20. The highest BCUT2D eigenvalue weighted by atomic mass is 16.3. The molecule has 0 spiro atoms. The van der Waals surface area contributed by atoms with Crippen LogP contribution in [-0.2, 0) is 16.2 Å². The van der Waals surface area contributed by atoms with E-state index in [4.69, 9.17) is 13.3 Å². The van der Waals surface area contributed by atoms with Crippen LogP contribution in [0.3, 0.4) is 0 Å². The molecule has 0 radical (unpaired) electrons. The average Bonchev–Trinajstić information content (AvgIpc) is 1.53. The summed E-state index contributed by atoms with van der Waals surface area (Å²) in [4.78, 5) is 14.0. The summed E-state index contributed by atoms with van der Waals surface area (Å²) in [6, 6.07) is 84.3. The molecule has 0 amide bonds. The Balaban J connectivity index is 1.02. The van der Waals surface area contributed by atoms with Gasteiger partial charge in [0.2, 0.25) is 11.4 Å². The molecule has 5 heterocycles. The molecule has 0 bridgehead atoms. The number of fused-ring (bicyclic) bond motifs is 14. The number of anilines is 6. The Bertz CT molecular complexity index is 5120. The second kappa shape index (κ2) is 18.4. The SMILES string of the molecule is CC(C)(C)c1ccc(N(c2ccc3c(c2)[C@](c2ccccc2)(c2ccc4ccccc4c2)c2cc(N(c4ccc(C(C)(C)C)cc4)c4ccc5c(c4)oc4ncccc45)c4c(oc5ccccc54)c2-3)c2ccc3c(c2)oc2ncccc23)cc1. The average molecular weight is 1090 g/mol. The molecule has 16 rings (SSSR count). The Hall–Kier alpha value is -10.2. The molecule has 84 heavy (non-hydrogen) atoms. The molecule has 15 aromatic rings. The molecule has 7 nitrogen and oxygen atoms in total. The van der Waals surface area contributed by atoms with Crippen molar-refractivity contribution in [3.05, 3.63) is 276 Å². The molecule has 0 N–H and O–H groups in total. The molecule has 0 unspecified atom stereocenters. The Morgan fingerprint density at radius 3 is 1.55 bits per heavy atom. The minimum atomic E-state index is -0.903. The van der Waals surface area contributed by atoms with Crippen LogP contribution in [0.2, 0.25) is 0 Å². The van der Waals surface area contributed by atoms with Crippen molar-refractivity contribution in [1.82, 2.24) is 9.97 Å². The van der Waals surface area contributed by atoms with E-state index in [2.05, 4.69) is 280 Å². The lowest BCUT2D eigenvalue weighted by molar-refractivity contribution is 0.590. The summed E-state index contributed by atoms with van der Waals surface area (Å²) in [5, 5.41) is 8.37. The van der Waals surface area contributed by atoms with Crippen LogP contribution < -0.4 is 9.80 Å². The van der Waals surface area contributed by atoms with Crippen LogP contribution in [0, 0.1) is 0 Å². The van der Waals surface area contributed by atoms with E-state index in [0.717, 1.165) is 128 Å². The standard InChI is InChI=1S/C77H58N4O3/c1-75(2,3)49-26-30-53(31-27-49)80(56-34-37-58-60-21-14-40-78-73(60)83-68(58)44-56)55-36-39-62-64(43-55)77(51-18-8-7-9-19-51,52-25-24-47-16-10-11-17-48(47)42-52)65-46-66(71-63-20-12-13-23-67(63)82-72(71)70(62)65)81(54-32-28-50(29-33-54)76(4,5)6)57-35-38-59-61-22-15-41-79-74(61)84-69(59)45-57/h7-46H,1-6H3/t77-/m0/s1. The van der Waals surface area contributed by atoms with Crippen molar-refractivity contribution in [3.63, 3.8) is 0 Å². The van der Waals surface area contributed by atoms with Crippen LogP contribution in [0.1, 0.15) is 74.9 Å².